The van der Waals surface area contributed by atoms with Gasteiger partial charge in [-0.2, -0.15) is 15.0 Å². The number of carbonyl (C=O) groups excluding carboxylic acids is 1. The Morgan fingerprint density at radius 3 is 2.72 bits per heavy atom. The first kappa shape index (κ1) is 17.4. The zero-order valence-corrected chi connectivity index (χ0v) is 14.7. The number of ether oxygens (including phenoxy) is 1. The van der Waals surface area contributed by atoms with E-state index in [1.807, 2.05) is 12.1 Å². The Bertz CT molecular complexity index is 755. The van der Waals surface area contributed by atoms with Crippen molar-refractivity contribution in [1.82, 2.24) is 20.3 Å². The maximum absolute atomic E-state index is 11.3. The van der Waals surface area contributed by atoms with E-state index >= 15 is 0 Å². The van der Waals surface area contributed by atoms with E-state index in [4.69, 9.17) is 16.3 Å². The molecule has 1 atom stereocenters. The van der Waals surface area contributed by atoms with Gasteiger partial charge in [0.25, 0.3) is 0 Å². The molecule has 25 heavy (non-hydrogen) atoms. The summed E-state index contributed by atoms with van der Waals surface area (Å²) in [6.45, 7) is 4.01. The lowest BCUT2D eigenvalue weighted by Gasteiger charge is -2.33. The van der Waals surface area contributed by atoms with Crippen molar-refractivity contribution in [2.45, 2.75) is 13.0 Å². The Hall–Kier alpha value is -2.45. The highest BCUT2D eigenvalue weighted by atomic mass is 35.5. The molecule has 0 aliphatic carbocycles. The molecular formula is C16H19ClN6O2. The Labute approximate surface area is 150 Å². The molecule has 2 aromatic rings. The predicted molar refractivity (Wildman–Crippen MR) is 96.0 cm³/mol. The molecule has 2 N–H and O–H groups in total. The molecule has 8 nitrogen and oxygen atoms in total. The van der Waals surface area contributed by atoms with Crippen LogP contribution in [0.15, 0.2) is 24.3 Å². The summed E-state index contributed by atoms with van der Waals surface area (Å²) in [4.78, 5) is 26.4. The average Bonchev–Trinajstić information content (AvgIpc) is 2.62. The van der Waals surface area contributed by atoms with E-state index in [2.05, 4.69) is 37.4 Å². The summed E-state index contributed by atoms with van der Waals surface area (Å²) in [7, 11) is 1.56. The van der Waals surface area contributed by atoms with Gasteiger partial charge < -0.3 is 20.3 Å². The SMILES string of the molecule is CNC(=O)Nc1ccc(-c2nc(Cl)nc(N3CCOCC3C)n2)cc1. The fraction of sp³-hybridized carbons (Fsp3) is 0.375. The number of nitrogens with zero attached hydrogens (tertiary/aromatic N) is 4. The molecule has 0 radical (unpaired) electrons. The Morgan fingerprint density at radius 1 is 1.28 bits per heavy atom. The molecule has 1 aliphatic heterocycles. The summed E-state index contributed by atoms with van der Waals surface area (Å²) in [5, 5.41) is 5.34. The maximum atomic E-state index is 11.3. The first-order chi connectivity index (χ1) is 12.1. The van der Waals surface area contributed by atoms with Crippen LogP contribution >= 0.6 is 11.6 Å². The number of hydrogen-bond acceptors (Lipinski definition) is 6. The Kier molecular flexibility index (Phi) is 5.30. The summed E-state index contributed by atoms with van der Waals surface area (Å²) in [6.07, 6.45) is 0. The number of halogens is 1. The van der Waals surface area contributed by atoms with Crippen LogP contribution in [-0.2, 0) is 4.74 Å². The van der Waals surface area contributed by atoms with Crippen molar-refractivity contribution in [1.29, 1.82) is 0 Å². The van der Waals surface area contributed by atoms with E-state index in [1.165, 1.54) is 0 Å². The normalized spacial score (nSPS) is 17.2. The van der Waals surface area contributed by atoms with Crippen LogP contribution in [0, 0.1) is 0 Å². The molecule has 2 amide bonds. The standard InChI is InChI=1S/C16H19ClN6O2/c1-10-9-25-8-7-23(10)15-21-13(20-14(17)22-15)11-3-5-12(6-4-11)19-16(24)18-2/h3-6,10H,7-9H2,1-2H3,(H2,18,19,24). The number of urea groups is 1. The lowest BCUT2D eigenvalue weighted by molar-refractivity contribution is 0.0981. The van der Waals surface area contributed by atoms with Crippen LogP contribution in [0.5, 0.6) is 0 Å². The molecule has 2 heterocycles. The monoisotopic (exact) mass is 362 g/mol. The van der Waals surface area contributed by atoms with Gasteiger partial charge in [0.1, 0.15) is 0 Å². The number of amides is 2. The molecule has 0 spiro atoms. The largest absolute Gasteiger partial charge is 0.377 e. The van der Waals surface area contributed by atoms with Crippen LogP contribution in [0.25, 0.3) is 11.4 Å². The van der Waals surface area contributed by atoms with Crippen LogP contribution < -0.4 is 15.5 Å². The van der Waals surface area contributed by atoms with E-state index in [-0.39, 0.29) is 17.4 Å². The molecule has 1 unspecified atom stereocenters. The Balaban J connectivity index is 1.85. The fourth-order valence-electron chi connectivity index (χ4n) is 2.52. The summed E-state index contributed by atoms with van der Waals surface area (Å²) >= 11 is 6.10. The van der Waals surface area contributed by atoms with Crippen molar-refractivity contribution in [2.24, 2.45) is 0 Å². The number of benzene rings is 1. The first-order valence-electron chi connectivity index (χ1n) is 7.92. The highest BCUT2D eigenvalue weighted by molar-refractivity contribution is 6.28. The lowest BCUT2D eigenvalue weighted by atomic mass is 10.2. The van der Waals surface area contributed by atoms with E-state index in [0.717, 1.165) is 5.56 Å². The fourth-order valence-corrected chi connectivity index (χ4v) is 2.67. The average molecular weight is 363 g/mol. The highest BCUT2D eigenvalue weighted by Gasteiger charge is 2.22. The van der Waals surface area contributed by atoms with Crippen LogP contribution in [0.4, 0.5) is 16.4 Å². The van der Waals surface area contributed by atoms with Crippen molar-refractivity contribution in [3.8, 4) is 11.4 Å². The highest BCUT2D eigenvalue weighted by Crippen LogP contribution is 2.23. The first-order valence-corrected chi connectivity index (χ1v) is 8.30. The van der Waals surface area contributed by atoms with Gasteiger partial charge in [-0.05, 0) is 42.8 Å². The van der Waals surface area contributed by atoms with Gasteiger partial charge in [0, 0.05) is 24.8 Å². The minimum Gasteiger partial charge on any atom is -0.377 e. The molecule has 0 bridgehead atoms. The van der Waals surface area contributed by atoms with Gasteiger partial charge in [0.05, 0.1) is 19.3 Å². The number of hydrogen-bond donors (Lipinski definition) is 2. The van der Waals surface area contributed by atoms with Crippen LogP contribution in [0.2, 0.25) is 5.28 Å². The van der Waals surface area contributed by atoms with E-state index in [1.54, 1.807) is 19.2 Å². The molecule has 1 fully saturated rings. The number of anilines is 2. The topological polar surface area (TPSA) is 92.3 Å². The molecule has 1 saturated heterocycles. The zero-order valence-electron chi connectivity index (χ0n) is 14.0. The number of rotatable bonds is 3. The van der Waals surface area contributed by atoms with Crippen molar-refractivity contribution in [2.75, 3.05) is 37.0 Å². The second-order valence-electron chi connectivity index (χ2n) is 5.63. The van der Waals surface area contributed by atoms with Crippen LogP contribution in [0.1, 0.15) is 6.92 Å². The van der Waals surface area contributed by atoms with Crippen LogP contribution in [0.3, 0.4) is 0 Å². The summed E-state index contributed by atoms with van der Waals surface area (Å²) < 4.78 is 5.45. The molecule has 1 aromatic carbocycles. The van der Waals surface area contributed by atoms with E-state index in [0.29, 0.717) is 37.2 Å². The number of morpholine rings is 1. The van der Waals surface area contributed by atoms with Crippen molar-refractivity contribution in [3.05, 3.63) is 29.5 Å². The van der Waals surface area contributed by atoms with Crippen LogP contribution in [-0.4, -0.2) is 53.8 Å². The minimum atomic E-state index is -0.278. The molecule has 1 aliphatic rings. The molecular weight excluding hydrogens is 344 g/mol. The maximum Gasteiger partial charge on any atom is 0.318 e. The second kappa shape index (κ2) is 7.62. The zero-order chi connectivity index (χ0) is 17.8. The molecule has 3 rings (SSSR count). The van der Waals surface area contributed by atoms with Gasteiger partial charge in [-0.15, -0.1) is 0 Å². The number of aromatic nitrogens is 3. The third-order valence-corrected chi connectivity index (χ3v) is 4.02. The smallest absolute Gasteiger partial charge is 0.318 e. The Morgan fingerprint density at radius 2 is 2.04 bits per heavy atom. The van der Waals surface area contributed by atoms with E-state index in [9.17, 15) is 4.79 Å². The molecule has 1 aromatic heterocycles. The predicted octanol–water partition coefficient (Wildman–Crippen LogP) is 2.17. The number of carbonyl (C=O) groups is 1. The van der Waals surface area contributed by atoms with Gasteiger partial charge in [0.2, 0.25) is 11.2 Å². The van der Waals surface area contributed by atoms with Gasteiger partial charge in [-0.25, -0.2) is 4.79 Å². The van der Waals surface area contributed by atoms with Gasteiger partial charge in [-0.1, -0.05) is 0 Å². The van der Waals surface area contributed by atoms with Gasteiger partial charge in [-0.3, -0.25) is 0 Å². The van der Waals surface area contributed by atoms with Crippen molar-refractivity contribution >= 4 is 29.3 Å². The molecule has 9 heteroatoms. The van der Waals surface area contributed by atoms with Crippen molar-refractivity contribution < 1.29 is 9.53 Å². The van der Waals surface area contributed by atoms with Gasteiger partial charge >= 0.3 is 6.03 Å². The van der Waals surface area contributed by atoms with E-state index < -0.39 is 0 Å². The van der Waals surface area contributed by atoms with Gasteiger partial charge in [0.15, 0.2) is 5.82 Å². The summed E-state index contributed by atoms with van der Waals surface area (Å²) in [5.74, 6) is 1.03. The molecule has 132 valence electrons. The third-order valence-electron chi connectivity index (χ3n) is 3.85. The third kappa shape index (κ3) is 4.15. The van der Waals surface area contributed by atoms with Crippen molar-refractivity contribution in [3.63, 3.8) is 0 Å². The minimum absolute atomic E-state index is 0.145. The second-order valence-corrected chi connectivity index (χ2v) is 5.96. The summed E-state index contributed by atoms with van der Waals surface area (Å²) in [5.41, 5.74) is 1.46. The molecule has 0 saturated carbocycles. The summed E-state index contributed by atoms with van der Waals surface area (Å²) in [6, 6.07) is 7.09. The lowest BCUT2D eigenvalue weighted by Crippen LogP contribution is -2.44. The number of nitrogens with one attached hydrogen (secondary N) is 2. The quantitative estimate of drug-likeness (QED) is 0.869.